The summed E-state index contributed by atoms with van der Waals surface area (Å²) in [5, 5.41) is 7.04. The fraction of sp³-hybridized carbons (Fsp3) is 0. The van der Waals surface area contributed by atoms with Crippen molar-refractivity contribution >= 4 is 23.2 Å². The fourth-order valence-electron chi connectivity index (χ4n) is 1.73. The lowest BCUT2D eigenvalue weighted by atomic mass is 10.2. The van der Waals surface area contributed by atoms with Crippen LogP contribution in [0, 0.1) is 0 Å². The van der Waals surface area contributed by atoms with Crippen molar-refractivity contribution in [1.82, 2.24) is 24.7 Å². The Kier molecular flexibility index (Phi) is 3.57. The monoisotopic (exact) mass is 300 g/mol. The molecule has 1 amide bonds. The van der Waals surface area contributed by atoms with Gasteiger partial charge in [-0.1, -0.05) is 23.7 Å². The lowest BCUT2D eigenvalue weighted by Gasteiger charge is -2.10. The summed E-state index contributed by atoms with van der Waals surface area (Å²) in [4.78, 5) is 23.8. The van der Waals surface area contributed by atoms with Crippen LogP contribution in [-0.2, 0) is 0 Å². The Morgan fingerprint density at radius 2 is 2.05 bits per heavy atom. The van der Waals surface area contributed by atoms with Crippen molar-refractivity contribution in [3.05, 3.63) is 60.2 Å². The topological polar surface area (TPSA) is 85.6 Å². The van der Waals surface area contributed by atoms with Crippen LogP contribution in [0.5, 0.6) is 0 Å². The zero-order valence-electron chi connectivity index (χ0n) is 10.6. The number of hydrogen-bond acceptors (Lipinski definition) is 5. The first-order chi connectivity index (χ1) is 10.2. The van der Waals surface area contributed by atoms with Crippen LogP contribution in [0.2, 0.25) is 5.15 Å². The van der Waals surface area contributed by atoms with Crippen LogP contribution in [0.1, 0.15) is 10.5 Å². The number of anilines is 1. The Morgan fingerprint density at radius 3 is 2.76 bits per heavy atom. The Labute approximate surface area is 124 Å². The lowest BCUT2D eigenvalue weighted by Crippen LogP contribution is -2.15. The van der Waals surface area contributed by atoms with E-state index in [0.717, 1.165) is 0 Å². The van der Waals surface area contributed by atoms with Gasteiger partial charge in [0.15, 0.2) is 0 Å². The molecule has 3 aromatic rings. The second kappa shape index (κ2) is 5.68. The first-order valence-electron chi connectivity index (χ1n) is 5.97. The molecule has 1 N–H and O–H groups in total. The number of aromatic nitrogens is 5. The zero-order valence-corrected chi connectivity index (χ0v) is 11.4. The van der Waals surface area contributed by atoms with Gasteiger partial charge in [0.1, 0.15) is 23.5 Å². The van der Waals surface area contributed by atoms with E-state index in [0.29, 0.717) is 11.4 Å². The molecule has 0 aliphatic heterocycles. The van der Waals surface area contributed by atoms with E-state index in [1.54, 1.807) is 17.1 Å². The van der Waals surface area contributed by atoms with Crippen LogP contribution < -0.4 is 5.32 Å². The number of amides is 1. The van der Waals surface area contributed by atoms with E-state index in [1.165, 1.54) is 18.7 Å². The van der Waals surface area contributed by atoms with Gasteiger partial charge in [-0.15, -0.1) is 0 Å². The summed E-state index contributed by atoms with van der Waals surface area (Å²) < 4.78 is 1.56. The van der Waals surface area contributed by atoms with Crippen LogP contribution in [-0.4, -0.2) is 30.6 Å². The second-order valence-corrected chi connectivity index (χ2v) is 4.42. The van der Waals surface area contributed by atoms with Crippen LogP contribution in [0.3, 0.4) is 0 Å². The molecule has 21 heavy (non-hydrogen) atoms. The van der Waals surface area contributed by atoms with Gasteiger partial charge in [0, 0.05) is 0 Å². The fourth-order valence-corrected chi connectivity index (χ4v) is 1.83. The van der Waals surface area contributed by atoms with E-state index in [9.17, 15) is 4.79 Å². The molecule has 0 spiro atoms. The number of para-hydroxylation sites is 2. The maximum atomic E-state index is 12.1. The van der Waals surface area contributed by atoms with Crippen molar-refractivity contribution in [2.24, 2.45) is 0 Å². The number of carbonyl (C=O) groups excluding carboxylic acids is 1. The van der Waals surface area contributed by atoms with Crippen molar-refractivity contribution in [3.63, 3.8) is 0 Å². The van der Waals surface area contributed by atoms with Gasteiger partial charge in [0.05, 0.1) is 23.8 Å². The maximum Gasteiger partial charge on any atom is 0.275 e. The SMILES string of the molecule is O=C(Nc1ccccc1-n1cncn1)c1cnc(Cl)cn1. The Balaban J connectivity index is 1.88. The number of halogens is 1. The summed E-state index contributed by atoms with van der Waals surface area (Å²) in [6.07, 6.45) is 5.60. The minimum Gasteiger partial charge on any atom is -0.319 e. The van der Waals surface area contributed by atoms with Gasteiger partial charge in [-0.05, 0) is 12.1 Å². The summed E-state index contributed by atoms with van der Waals surface area (Å²) in [6, 6.07) is 7.23. The van der Waals surface area contributed by atoms with Crippen molar-refractivity contribution < 1.29 is 4.79 Å². The Bertz CT molecular complexity index is 757. The molecule has 0 unspecified atom stereocenters. The molecular formula is C13H9ClN6O. The van der Waals surface area contributed by atoms with Crippen LogP contribution >= 0.6 is 11.6 Å². The molecule has 104 valence electrons. The highest BCUT2D eigenvalue weighted by Crippen LogP contribution is 2.19. The summed E-state index contributed by atoms with van der Waals surface area (Å²) in [5.41, 5.74) is 1.46. The molecule has 7 nitrogen and oxygen atoms in total. The largest absolute Gasteiger partial charge is 0.319 e. The molecule has 0 saturated heterocycles. The number of carbonyl (C=O) groups is 1. The smallest absolute Gasteiger partial charge is 0.275 e. The van der Waals surface area contributed by atoms with Gasteiger partial charge < -0.3 is 5.32 Å². The Hall–Kier alpha value is -2.80. The molecule has 2 aromatic heterocycles. The predicted octanol–water partition coefficient (Wildman–Crippen LogP) is 1.96. The number of benzene rings is 1. The standard InChI is InChI=1S/C13H9ClN6O/c14-12-6-16-10(5-17-12)13(21)19-9-3-1-2-4-11(9)20-8-15-7-18-20/h1-8H,(H,19,21). The lowest BCUT2D eigenvalue weighted by molar-refractivity contribution is 0.102. The number of nitrogens with one attached hydrogen (secondary N) is 1. The van der Waals surface area contributed by atoms with Gasteiger partial charge in [0.25, 0.3) is 5.91 Å². The second-order valence-electron chi connectivity index (χ2n) is 4.04. The van der Waals surface area contributed by atoms with Gasteiger partial charge in [0.2, 0.25) is 0 Å². The van der Waals surface area contributed by atoms with Gasteiger partial charge >= 0.3 is 0 Å². The van der Waals surface area contributed by atoms with Crippen molar-refractivity contribution in [3.8, 4) is 5.69 Å². The van der Waals surface area contributed by atoms with Crippen LogP contribution in [0.25, 0.3) is 5.69 Å². The molecule has 0 atom stereocenters. The highest BCUT2D eigenvalue weighted by molar-refractivity contribution is 6.29. The van der Waals surface area contributed by atoms with Crippen molar-refractivity contribution in [2.45, 2.75) is 0 Å². The third kappa shape index (κ3) is 2.87. The van der Waals surface area contributed by atoms with E-state index in [-0.39, 0.29) is 16.8 Å². The summed E-state index contributed by atoms with van der Waals surface area (Å²) in [7, 11) is 0. The zero-order chi connectivity index (χ0) is 14.7. The minimum atomic E-state index is -0.383. The average Bonchev–Trinajstić information content (AvgIpc) is 3.02. The maximum absolute atomic E-state index is 12.1. The van der Waals surface area contributed by atoms with Crippen molar-refractivity contribution in [1.29, 1.82) is 0 Å². The quantitative estimate of drug-likeness (QED) is 0.799. The van der Waals surface area contributed by atoms with Gasteiger partial charge in [-0.3, -0.25) is 4.79 Å². The van der Waals surface area contributed by atoms with Crippen LogP contribution in [0.4, 0.5) is 5.69 Å². The Morgan fingerprint density at radius 1 is 1.19 bits per heavy atom. The number of nitrogens with zero attached hydrogens (tertiary/aromatic N) is 5. The molecule has 8 heteroatoms. The number of hydrogen-bond donors (Lipinski definition) is 1. The molecule has 0 bridgehead atoms. The normalized spacial score (nSPS) is 10.3. The molecule has 1 aromatic carbocycles. The van der Waals surface area contributed by atoms with Crippen molar-refractivity contribution in [2.75, 3.05) is 5.32 Å². The van der Waals surface area contributed by atoms with E-state index in [1.807, 2.05) is 18.2 Å². The minimum absolute atomic E-state index is 0.174. The molecule has 3 rings (SSSR count). The third-order valence-corrected chi connectivity index (χ3v) is 2.87. The van der Waals surface area contributed by atoms with Gasteiger partial charge in [-0.2, -0.15) is 5.10 Å². The molecule has 2 heterocycles. The van der Waals surface area contributed by atoms with Gasteiger partial charge in [-0.25, -0.2) is 19.6 Å². The molecule has 0 aliphatic carbocycles. The highest BCUT2D eigenvalue weighted by atomic mass is 35.5. The summed E-state index contributed by atoms with van der Waals surface area (Å²) >= 11 is 5.65. The van der Waals surface area contributed by atoms with E-state index < -0.39 is 0 Å². The summed E-state index contributed by atoms with van der Waals surface area (Å²) in [5.74, 6) is -0.383. The first-order valence-corrected chi connectivity index (χ1v) is 6.35. The first kappa shape index (κ1) is 13.2. The number of rotatable bonds is 3. The molecular weight excluding hydrogens is 292 g/mol. The van der Waals surface area contributed by atoms with Crippen LogP contribution in [0.15, 0.2) is 49.3 Å². The highest BCUT2D eigenvalue weighted by Gasteiger charge is 2.11. The average molecular weight is 301 g/mol. The molecule has 0 aliphatic rings. The third-order valence-electron chi connectivity index (χ3n) is 2.67. The molecule has 0 radical (unpaired) electrons. The predicted molar refractivity (Wildman–Crippen MR) is 76.4 cm³/mol. The van der Waals surface area contributed by atoms with E-state index in [4.69, 9.17) is 11.6 Å². The van der Waals surface area contributed by atoms with E-state index in [2.05, 4.69) is 25.4 Å². The molecule has 0 saturated carbocycles. The molecule has 0 fully saturated rings. The van der Waals surface area contributed by atoms with E-state index >= 15 is 0 Å². The summed E-state index contributed by atoms with van der Waals surface area (Å²) in [6.45, 7) is 0.